The normalized spacial score (nSPS) is 19.8. The van der Waals surface area contributed by atoms with Crippen LogP contribution in [0, 0.1) is 11.6 Å². The Kier molecular flexibility index (Phi) is 7.34. The van der Waals surface area contributed by atoms with E-state index in [1.165, 1.54) is 17.2 Å². The number of nitrogens with zero attached hydrogens (tertiary/aromatic N) is 3. The lowest BCUT2D eigenvalue weighted by Gasteiger charge is -2.39. The molecule has 1 spiro atoms. The predicted octanol–water partition coefficient (Wildman–Crippen LogP) is 5.09. The van der Waals surface area contributed by atoms with Crippen LogP contribution in [0.25, 0.3) is 0 Å². The van der Waals surface area contributed by atoms with Crippen LogP contribution >= 0.6 is 0 Å². The van der Waals surface area contributed by atoms with Gasteiger partial charge in [-0.3, -0.25) is 14.9 Å². The first kappa shape index (κ1) is 27.1. The Hall–Kier alpha value is -2.43. The number of nitrogens with one attached hydrogen (secondary N) is 1. The molecule has 1 fully saturated rings. The first-order valence-electron chi connectivity index (χ1n) is 12.9. The third kappa shape index (κ3) is 5.22. The van der Waals surface area contributed by atoms with Crippen molar-refractivity contribution < 1.29 is 18.1 Å². The maximum Gasteiger partial charge on any atom is 0.159 e. The van der Waals surface area contributed by atoms with Crippen molar-refractivity contribution in [2.45, 2.75) is 69.6 Å². The molecule has 1 N–H and O–H groups in total. The highest BCUT2D eigenvalue weighted by Crippen LogP contribution is 2.43. The van der Waals surface area contributed by atoms with Crippen LogP contribution in [0.4, 0.5) is 8.78 Å². The summed E-state index contributed by atoms with van der Waals surface area (Å²) < 4.78 is 49.8. The first-order valence-corrected chi connectivity index (χ1v) is 14.1. The van der Waals surface area contributed by atoms with Gasteiger partial charge in [0, 0.05) is 55.2 Å². The molecule has 2 atom stereocenters. The minimum atomic E-state index is -1.48. The average Bonchev–Trinajstić information content (AvgIpc) is 3.25. The van der Waals surface area contributed by atoms with Gasteiger partial charge in [0.15, 0.2) is 11.6 Å². The Bertz CT molecular complexity index is 1290. The fourth-order valence-corrected chi connectivity index (χ4v) is 6.12. The van der Waals surface area contributed by atoms with Gasteiger partial charge in [0.05, 0.1) is 17.9 Å². The molecule has 4 heterocycles. The molecular weight excluding hydrogens is 506 g/mol. The van der Waals surface area contributed by atoms with Gasteiger partial charge < -0.3 is 9.29 Å². The van der Waals surface area contributed by atoms with Crippen LogP contribution in [0.1, 0.15) is 68.5 Å². The number of piperidine rings is 1. The van der Waals surface area contributed by atoms with E-state index in [0.717, 1.165) is 50.2 Å². The van der Waals surface area contributed by atoms with Crippen molar-refractivity contribution in [3.05, 3.63) is 94.6 Å². The molecule has 0 amide bonds. The van der Waals surface area contributed by atoms with Crippen molar-refractivity contribution in [1.82, 2.24) is 19.6 Å². The quantitative estimate of drug-likeness (QED) is 0.439. The number of ether oxygens (including phenoxy) is 1. The highest BCUT2D eigenvalue weighted by Gasteiger charge is 2.43. The van der Waals surface area contributed by atoms with E-state index in [9.17, 15) is 13.3 Å². The second kappa shape index (κ2) is 10.3. The summed E-state index contributed by atoms with van der Waals surface area (Å²) in [7, 11) is 0. The molecule has 2 aromatic heterocycles. The van der Waals surface area contributed by atoms with Gasteiger partial charge in [-0.25, -0.2) is 8.78 Å². The summed E-state index contributed by atoms with van der Waals surface area (Å²) in [5.41, 5.74) is 3.20. The average molecular weight is 541 g/mol. The van der Waals surface area contributed by atoms with Crippen molar-refractivity contribution in [3.63, 3.8) is 0 Å². The molecule has 0 saturated carbocycles. The van der Waals surface area contributed by atoms with Gasteiger partial charge in [0.25, 0.3) is 0 Å². The molecule has 0 radical (unpaired) electrons. The first-order chi connectivity index (χ1) is 18.0. The maximum absolute atomic E-state index is 14.2. The molecule has 0 aliphatic carbocycles. The second-order valence-corrected chi connectivity index (χ2v) is 13.3. The number of hydrogen-bond acceptors (Lipinski definition) is 6. The van der Waals surface area contributed by atoms with E-state index in [4.69, 9.17) is 9.72 Å². The lowest BCUT2D eigenvalue weighted by Crippen LogP contribution is -2.51. The molecule has 6 nitrogen and oxygen atoms in total. The fourth-order valence-electron chi connectivity index (χ4n) is 5.22. The van der Waals surface area contributed by atoms with Gasteiger partial charge in [0.1, 0.15) is 10.3 Å². The Labute approximate surface area is 226 Å². The van der Waals surface area contributed by atoms with Gasteiger partial charge in [-0.2, -0.15) is 0 Å². The lowest BCUT2D eigenvalue weighted by atomic mass is 9.84. The summed E-state index contributed by atoms with van der Waals surface area (Å²) in [5, 5.41) is 0. The summed E-state index contributed by atoms with van der Waals surface area (Å²) in [4.78, 5) is 11.4. The number of benzene rings is 1. The van der Waals surface area contributed by atoms with E-state index in [0.29, 0.717) is 17.9 Å². The van der Waals surface area contributed by atoms with Crippen molar-refractivity contribution >= 4 is 11.4 Å². The molecule has 3 aromatic rings. The summed E-state index contributed by atoms with van der Waals surface area (Å²) >= 11 is -1.48. The van der Waals surface area contributed by atoms with Crippen LogP contribution in [0.3, 0.4) is 0 Å². The van der Waals surface area contributed by atoms with Gasteiger partial charge in [-0.15, -0.1) is 4.72 Å². The number of fused-ring (bicyclic) bond motifs is 2. The predicted molar refractivity (Wildman–Crippen MR) is 143 cm³/mol. The molecule has 2 aliphatic rings. The Balaban J connectivity index is 1.32. The zero-order valence-corrected chi connectivity index (χ0v) is 23.1. The number of rotatable bonds is 6. The third-order valence-corrected chi connectivity index (χ3v) is 9.37. The van der Waals surface area contributed by atoms with Crippen molar-refractivity contribution in [2.75, 3.05) is 13.1 Å². The molecular formula is C29H34F2N4O2S. The number of hydrogen-bond donors (Lipinski definition) is 1. The molecule has 1 unspecified atom stereocenters. The van der Waals surface area contributed by atoms with E-state index in [-0.39, 0.29) is 5.60 Å². The molecule has 0 bridgehead atoms. The monoisotopic (exact) mass is 540 g/mol. The number of likely N-dealkylation sites (tertiary alicyclic amines) is 1. The van der Waals surface area contributed by atoms with Gasteiger partial charge in [-0.05, 0) is 81.5 Å². The van der Waals surface area contributed by atoms with E-state index in [2.05, 4.69) is 14.6 Å². The Morgan fingerprint density at radius 1 is 1.05 bits per heavy atom. The van der Waals surface area contributed by atoms with Crippen LogP contribution in [-0.2, 0) is 40.4 Å². The molecule has 1 aromatic carbocycles. The number of halogens is 2. The molecule has 5 rings (SSSR count). The second-order valence-electron chi connectivity index (χ2n) is 11.4. The number of pyridine rings is 2. The van der Waals surface area contributed by atoms with Crippen LogP contribution in [0.5, 0.6) is 0 Å². The van der Waals surface area contributed by atoms with E-state index >= 15 is 0 Å². The molecule has 202 valence electrons. The Morgan fingerprint density at radius 2 is 1.82 bits per heavy atom. The topological polar surface area (TPSA) is 73.3 Å². The van der Waals surface area contributed by atoms with E-state index in [1.54, 1.807) is 6.92 Å². The SMILES string of the molecule is CC(C)(C)[S+]([O-])N[C@@](C)(c1ccc(F)c(F)c1)c1ccc(CN2CCC3(CC2)OCc2ccncc23)cn1. The summed E-state index contributed by atoms with van der Waals surface area (Å²) in [6.45, 7) is 10.5. The number of aromatic nitrogens is 2. The fraction of sp³-hybridized carbons (Fsp3) is 0.448. The molecule has 2 aliphatic heterocycles. The Morgan fingerprint density at radius 3 is 2.47 bits per heavy atom. The van der Waals surface area contributed by atoms with Gasteiger partial charge >= 0.3 is 0 Å². The zero-order valence-electron chi connectivity index (χ0n) is 22.3. The highest BCUT2D eigenvalue weighted by atomic mass is 32.2. The van der Waals surface area contributed by atoms with Crippen molar-refractivity contribution in [2.24, 2.45) is 0 Å². The minimum Gasteiger partial charge on any atom is -0.598 e. The van der Waals surface area contributed by atoms with Gasteiger partial charge in [0.2, 0.25) is 0 Å². The molecule has 1 saturated heterocycles. The van der Waals surface area contributed by atoms with Crippen molar-refractivity contribution in [3.8, 4) is 0 Å². The minimum absolute atomic E-state index is 0.233. The van der Waals surface area contributed by atoms with Crippen LogP contribution in [-0.4, -0.2) is 37.3 Å². The highest BCUT2D eigenvalue weighted by molar-refractivity contribution is 7.90. The zero-order chi connectivity index (χ0) is 27.1. The molecule has 9 heteroatoms. The van der Waals surface area contributed by atoms with Crippen LogP contribution in [0.15, 0.2) is 55.0 Å². The van der Waals surface area contributed by atoms with E-state index in [1.807, 2.05) is 57.6 Å². The lowest BCUT2D eigenvalue weighted by molar-refractivity contribution is -0.0800. The van der Waals surface area contributed by atoms with Gasteiger partial charge in [-0.1, -0.05) is 12.1 Å². The summed E-state index contributed by atoms with van der Waals surface area (Å²) in [6, 6.07) is 9.65. The molecule has 38 heavy (non-hydrogen) atoms. The maximum atomic E-state index is 14.2. The largest absolute Gasteiger partial charge is 0.598 e. The van der Waals surface area contributed by atoms with E-state index < -0.39 is 33.3 Å². The standard InChI is InChI=1S/C29H34F2N4O2S/c1-27(2,3)38(36)34-28(4,22-6-7-24(30)25(31)15-22)26-8-5-20(16-33-26)18-35-13-10-29(11-14-35)23-17-32-12-9-21(23)19-37-29/h5-9,12,15-17,34H,10-11,13-14,18-19H2,1-4H3/t28-,38?/m0/s1. The van der Waals surface area contributed by atoms with Crippen LogP contribution < -0.4 is 4.72 Å². The smallest absolute Gasteiger partial charge is 0.159 e. The van der Waals surface area contributed by atoms with Crippen molar-refractivity contribution in [1.29, 1.82) is 0 Å². The summed E-state index contributed by atoms with van der Waals surface area (Å²) in [6.07, 6.45) is 7.40. The third-order valence-electron chi connectivity index (χ3n) is 7.66. The summed E-state index contributed by atoms with van der Waals surface area (Å²) in [5.74, 6) is -1.89. The van der Waals surface area contributed by atoms with Crippen LogP contribution in [0.2, 0.25) is 0 Å².